The Morgan fingerprint density at radius 2 is 2.05 bits per heavy atom. The molecule has 0 bridgehead atoms. The van der Waals surface area contributed by atoms with Crippen LogP contribution in [0.25, 0.3) is 5.69 Å². The van der Waals surface area contributed by atoms with E-state index in [9.17, 15) is 13.2 Å². The molecule has 2 N–H and O–H groups in total. The van der Waals surface area contributed by atoms with E-state index >= 15 is 0 Å². The summed E-state index contributed by atoms with van der Waals surface area (Å²) in [5, 5.41) is 10.5. The van der Waals surface area contributed by atoms with Gasteiger partial charge in [-0.2, -0.15) is 13.2 Å². The Kier molecular flexibility index (Phi) is 4.81. The van der Waals surface area contributed by atoms with E-state index in [0.717, 1.165) is 19.5 Å². The van der Waals surface area contributed by atoms with Crippen LogP contribution in [0.15, 0.2) is 36.9 Å². The summed E-state index contributed by atoms with van der Waals surface area (Å²) in [5.74, 6) is -2.76. The van der Waals surface area contributed by atoms with Crippen LogP contribution in [0.4, 0.5) is 13.2 Å². The molecule has 2 aromatic rings. The van der Waals surface area contributed by atoms with Crippen LogP contribution in [0.1, 0.15) is 11.1 Å². The molecule has 0 amide bonds. The lowest BCUT2D eigenvalue weighted by molar-refractivity contribution is -0.192. The fourth-order valence-electron chi connectivity index (χ4n) is 2.04. The number of halogens is 3. The van der Waals surface area contributed by atoms with Gasteiger partial charge in [0.05, 0.1) is 6.33 Å². The molecule has 0 aliphatic carbocycles. The number of benzene rings is 1. The van der Waals surface area contributed by atoms with Crippen molar-refractivity contribution < 1.29 is 23.1 Å². The van der Waals surface area contributed by atoms with Crippen LogP contribution in [-0.2, 0) is 17.8 Å². The minimum Gasteiger partial charge on any atom is -0.475 e. The number of hydrogen-bond donors (Lipinski definition) is 2. The second-order valence-electron chi connectivity index (χ2n) is 4.65. The van der Waals surface area contributed by atoms with E-state index in [4.69, 9.17) is 9.90 Å². The van der Waals surface area contributed by atoms with Gasteiger partial charge in [-0.25, -0.2) is 9.78 Å². The van der Waals surface area contributed by atoms with E-state index in [1.54, 1.807) is 6.20 Å². The van der Waals surface area contributed by atoms with Crippen LogP contribution in [0.2, 0.25) is 0 Å². The third-order valence-electron chi connectivity index (χ3n) is 3.12. The van der Waals surface area contributed by atoms with Crippen LogP contribution >= 0.6 is 0 Å². The largest absolute Gasteiger partial charge is 0.490 e. The van der Waals surface area contributed by atoms with Crippen molar-refractivity contribution in [2.75, 3.05) is 6.54 Å². The van der Waals surface area contributed by atoms with Crippen molar-refractivity contribution >= 4 is 5.97 Å². The predicted molar refractivity (Wildman–Crippen MR) is 72.7 cm³/mol. The highest BCUT2D eigenvalue weighted by molar-refractivity contribution is 5.73. The Morgan fingerprint density at radius 1 is 1.32 bits per heavy atom. The Morgan fingerprint density at radius 3 is 2.64 bits per heavy atom. The molecule has 0 saturated heterocycles. The van der Waals surface area contributed by atoms with Crippen molar-refractivity contribution in [3.8, 4) is 5.69 Å². The smallest absolute Gasteiger partial charge is 0.475 e. The molecule has 1 aromatic heterocycles. The van der Waals surface area contributed by atoms with E-state index < -0.39 is 12.1 Å². The number of fused-ring (bicyclic) bond motifs is 1. The van der Waals surface area contributed by atoms with Crippen molar-refractivity contribution in [3.05, 3.63) is 48.0 Å². The minimum absolute atomic E-state index is 1.000. The molecule has 1 aromatic carbocycles. The topological polar surface area (TPSA) is 67.2 Å². The third-order valence-corrected chi connectivity index (χ3v) is 3.12. The van der Waals surface area contributed by atoms with E-state index in [2.05, 4.69) is 28.5 Å². The van der Waals surface area contributed by atoms with E-state index in [1.807, 2.05) is 17.1 Å². The number of carboxylic acids is 1. The van der Waals surface area contributed by atoms with Gasteiger partial charge in [0.1, 0.15) is 0 Å². The van der Waals surface area contributed by atoms with Gasteiger partial charge in [0, 0.05) is 24.6 Å². The van der Waals surface area contributed by atoms with Crippen LogP contribution < -0.4 is 5.32 Å². The summed E-state index contributed by atoms with van der Waals surface area (Å²) < 4.78 is 33.8. The average Bonchev–Trinajstić information content (AvgIpc) is 3.00. The van der Waals surface area contributed by atoms with Crippen molar-refractivity contribution in [1.29, 1.82) is 0 Å². The fourth-order valence-corrected chi connectivity index (χ4v) is 2.04. The molecular weight excluding hydrogens is 299 g/mol. The maximum Gasteiger partial charge on any atom is 0.490 e. The maximum absolute atomic E-state index is 10.6. The zero-order valence-electron chi connectivity index (χ0n) is 11.5. The first-order chi connectivity index (χ1) is 10.4. The number of aromatic nitrogens is 2. The standard InChI is InChI=1S/C12H13N3.C2HF3O2/c1-2-12(15-6-5-14-9-15)7-10-3-4-13-8-11(1)10;3-2(4,5)1(6)7/h1-2,5-7,9,13H,3-4,8H2;(H,6,7). The first-order valence-corrected chi connectivity index (χ1v) is 6.49. The number of nitrogens with one attached hydrogen (secondary N) is 1. The molecule has 118 valence electrons. The Bertz CT molecular complexity index is 639. The van der Waals surface area contributed by atoms with E-state index in [0.29, 0.717) is 0 Å². The summed E-state index contributed by atoms with van der Waals surface area (Å²) in [5.41, 5.74) is 4.08. The Labute approximate surface area is 124 Å². The average molecular weight is 313 g/mol. The lowest BCUT2D eigenvalue weighted by Gasteiger charge is -2.17. The highest BCUT2D eigenvalue weighted by Crippen LogP contribution is 2.18. The van der Waals surface area contributed by atoms with Gasteiger partial charge >= 0.3 is 12.1 Å². The van der Waals surface area contributed by atoms with Gasteiger partial charge in [-0.3, -0.25) is 0 Å². The zero-order valence-corrected chi connectivity index (χ0v) is 11.5. The molecule has 0 unspecified atom stereocenters. The van der Waals surface area contributed by atoms with Gasteiger partial charge in [0.25, 0.3) is 0 Å². The van der Waals surface area contributed by atoms with Crippen molar-refractivity contribution in [2.45, 2.75) is 19.1 Å². The highest BCUT2D eigenvalue weighted by atomic mass is 19.4. The number of rotatable bonds is 1. The van der Waals surface area contributed by atoms with Gasteiger partial charge in [0.2, 0.25) is 0 Å². The van der Waals surface area contributed by atoms with Crippen LogP contribution in [0, 0.1) is 0 Å². The fraction of sp³-hybridized carbons (Fsp3) is 0.286. The summed E-state index contributed by atoms with van der Waals surface area (Å²) in [4.78, 5) is 13.0. The van der Waals surface area contributed by atoms with Crippen molar-refractivity contribution in [2.24, 2.45) is 0 Å². The second kappa shape index (κ2) is 6.61. The number of aliphatic carboxylic acids is 1. The normalized spacial score (nSPS) is 13.8. The molecule has 5 nitrogen and oxygen atoms in total. The molecule has 22 heavy (non-hydrogen) atoms. The molecule has 3 rings (SSSR count). The molecule has 8 heteroatoms. The molecule has 1 aliphatic heterocycles. The Balaban J connectivity index is 0.000000217. The third kappa shape index (κ3) is 4.08. The van der Waals surface area contributed by atoms with Gasteiger partial charge < -0.3 is 15.0 Å². The lowest BCUT2D eigenvalue weighted by atomic mass is 10.0. The van der Waals surface area contributed by atoms with Gasteiger partial charge in [0.15, 0.2) is 0 Å². The van der Waals surface area contributed by atoms with Crippen LogP contribution in [0.3, 0.4) is 0 Å². The number of imidazole rings is 1. The number of carbonyl (C=O) groups is 1. The second-order valence-corrected chi connectivity index (χ2v) is 4.65. The van der Waals surface area contributed by atoms with E-state index in [-0.39, 0.29) is 0 Å². The molecular formula is C14H14F3N3O2. The zero-order chi connectivity index (χ0) is 16.2. The monoisotopic (exact) mass is 313 g/mol. The van der Waals surface area contributed by atoms with Gasteiger partial charge in [-0.05, 0) is 36.2 Å². The summed E-state index contributed by atoms with van der Waals surface area (Å²) in [6.45, 7) is 2.08. The molecule has 0 saturated carbocycles. The lowest BCUT2D eigenvalue weighted by Crippen LogP contribution is -2.23. The molecule has 0 atom stereocenters. The van der Waals surface area contributed by atoms with Crippen molar-refractivity contribution in [3.63, 3.8) is 0 Å². The van der Waals surface area contributed by atoms with E-state index in [1.165, 1.54) is 16.8 Å². The summed E-state index contributed by atoms with van der Waals surface area (Å²) >= 11 is 0. The number of nitrogens with zero attached hydrogens (tertiary/aromatic N) is 2. The predicted octanol–water partition coefficient (Wildman–Crippen LogP) is 2.15. The molecule has 0 spiro atoms. The highest BCUT2D eigenvalue weighted by Gasteiger charge is 2.38. The first-order valence-electron chi connectivity index (χ1n) is 6.49. The van der Waals surface area contributed by atoms with Crippen molar-refractivity contribution in [1.82, 2.24) is 14.9 Å². The number of hydrogen-bond acceptors (Lipinski definition) is 3. The van der Waals surface area contributed by atoms with Gasteiger partial charge in [-0.15, -0.1) is 0 Å². The molecule has 0 fully saturated rings. The van der Waals surface area contributed by atoms with Crippen LogP contribution in [-0.4, -0.2) is 33.3 Å². The minimum atomic E-state index is -5.08. The van der Waals surface area contributed by atoms with Crippen LogP contribution in [0.5, 0.6) is 0 Å². The summed E-state index contributed by atoms with van der Waals surface area (Å²) in [6, 6.07) is 6.61. The molecule has 2 heterocycles. The van der Waals surface area contributed by atoms with Gasteiger partial charge in [-0.1, -0.05) is 6.07 Å². The number of alkyl halides is 3. The Hall–Kier alpha value is -2.35. The quantitative estimate of drug-likeness (QED) is 0.846. The SMILES string of the molecule is O=C(O)C(F)(F)F.c1cn(-c2ccc3c(c2)CCNC3)cn1. The molecule has 0 radical (unpaired) electrons. The molecule has 1 aliphatic rings. The first kappa shape index (κ1) is 16.0. The maximum atomic E-state index is 10.6. The number of carboxylic acid groups (broad SMARTS) is 1. The summed E-state index contributed by atoms with van der Waals surface area (Å²) in [7, 11) is 0. The summed E-state index contributed by atoms with van der Waals surface area (Å²) in [6.07, 6.45) is 1.66.